The number of tetrazole rings is 1. The van der Waals surface area contributed by atoms with Gasteiger partial charge in [-0.25, -0.2) is 4.79 Å². The smallest absolute Gasteiger partial charge is 0.338 e. The van der Waals surface area contributed by atoms with Gasteiger partial charge in [0, 0.05) is 5.70 Å². The Hall–Kier alpha value is -3.68. The zero-order valence-corrected chi connectivity index (χ0v) is 15.5. The molecule has 0 fully saturated rings. The highest BCUT2D eigenvalue weighted by atomic mass is 16.5. The lowest BCUT2D eigenvalue weighted by atomic mass is 9.96. The number of nitrogens with zero attached hydrogens (tertiary/aromatic N) is 4. The Morgan fingerprint density at radius 2 is 1.89 bits per heavy atom. The lowest BCUT2D eigenvalue weighted by Crippen LogP contribution is -2.29. The van der Waals surface area contributed by atoms with Crippen LogP contribution in [-0.2, 0) is 16.1 Å². The molecule has 0 bridgehead atoms. The monoisotopic (exact) mass is 377 g/mol. The number of carbonyl (C=O) groups excluding carboxylic acids is 1. The maximum Gasteiger partial charge on any atom is 0.338 e. The molecule has 4 rings (SSSR count). The Kier molecular flexibility index (Phi) is 4.76. The maximum absolute atomic E-state index is 13.0. The van der Waals surface area contributed by atoms with Crippen molar-refractivity contribution in [3.05, 3.63) is 77.0 Å². The van der Waals surface area contributed by atoms with Crippen LogP contribution in [0.15, 0.2) is 65.9 Å². The van der Waals surface area contributed by atoms with Crippen LogP contribution < -0.4 is 10.1 Å². The lowest BCUT2D eigenvalue weighted by molar-refractivity contribution is -0.140. The molecule has 0 saturated carbocycles. The fourth-order valence-corrected chi connectivity index (χ4v) is 3.17. The summed E-state index contributed by atoms with van der Waals surface area (Å²) in [4.78, 5) is 13.0. The fourth-order valence-electron chi connectivity index (χ4n) is 3.17. The summed E-state index contributed by atoms with van der Waals surface area (Å²) in [6.45, 7) is 2.00. The first-order chi connectivity index (χ1) is 13.7. The number of allylic oxidation sites excluding steroid dienone is 1. The first-order valence-electron chi connectivity index (χ1n) is 8.78. The highest BCUT2D eigenvalue weighted by molar-refractivity contribution is 5.92. The van der Waals surface area contributed by atoms with Crippen molar-refractivity contribution in [2.24, 2.45) is 0 Å². The van der Waals surface area contributed by atoms with E-state index in [9.17, 15) is 4.79 Å². The van der Waals surface area contributed by atoms with Crippen LogP contribution in [0.4, 0.5) is 5.95 Å². The number of nitrogens with one attached hydrogen (secondary N) is 1. The first kappa shape index (κ1) is 17.7. The molecule has 0 unspecified atom stereocenters. The van der Waals surface area contributed by atoms with Crippen LogP contribution in [0.25, 0.3) is 0 Å². The number of carbonyl (C=O) groups is 1. The van der Waals surface area contributed by atoms with Crippen molar-refractivity contribution >= 4 is 11.9 Å². The number of ether oxygens (including phenoxy) is 2. The van der Waals surface area contributed by atoms with E-state index in [0.717, 1.165) is 16.9 Å². The quantitative estimate of drug-likeness (QED) is 0.684. The normalized spacial score (nSPS) is 15.6. The van der Waals surface area contributed by atoms with Crippen LogP contribution in [0.3, 0.4) is 0 Å². The molecule has 0 saturated heterocycles. The molecule has 0 spiro atoms. The van der Waals surface area contributed by atoms with Crippen molar-refractivity contribution < 1.29 is 14.3 Å². The summed E-state index contributed by atoms with van der Waals surface area (Å²) in [5, 5.41) is 14.9. The molecule has 1 aliphatic heterocycles. The molecule has 8 nitrogen and oxygen atoms in total. The zero-order valence-electron chi connectivity index (χ0n) is 15.5. The van der Waals surface area contributed by atoms with E-state index in [2.05, 4.69) is 20.8 Å². The van der Waals surface area contributed by atoms with Gasteiger partial charge in [-0.2, -0.15) is 4.68 Å². The number of methoxy groups -OCH3 is 1. The van der Waals surface area contributed by atoms with Crippen LogP contribution >= 0.6 is 0 Å². The third-order valence-corrected chi connectivity index (χ3v) is 4.58. The molecule has 142 valence electrons. The van der Waals surface area contributed by atoms with Gasteiger partial charge in [0.05, 0.1) is 12.7 Å². The summed E-state index contributed by atoms with van der Waals surface area (Å²) in [5.74, 6) is 0.775. The average Bonchev–Trinajstić information content (AvgIpc) is 3.20. The number of hydrogen-bond donors (Lipinski definition) is 1. The Morgan fingerprint density at radius 1 is 1.14 bits per heavy atom. The molecular weight excluding hydrogens is 358 g/mol. The van der Waals surface area contributed by atoms with Gasteiger partial charge in [0.15, 0.2) is 0 Å². The summed E-state index contributed by atoms with van der Waals surface area (Å²) < 4.78 is 12.4. The Labute approximate surface area is 161 Å². The molecule has 0 radical (unpaired) electrons. The summed E-state index contributed by atoms with van der Waals surface area (Å²) in [6.07, 6.45) is 0. The van der Waals surface area contributed by atoms with Crippen molar-refractivity contribution in [3.8, 4) is 5.75 Å². The molecule has 2 heterocycles. The van der Waals surface area contributed by atoms with Crippen LogP contribution in [0, 0.1) is 0 Å². The highest BCUT2D eigenvalue weighted by Gasteiger charge is 2.34. The summed E-state index contributed by atoms with van der Waals surface area (Å²) in [5.41, 5.74) is 2.88. The predicted molar refractivity (Wildman–Crippen MR) is 102 cm³/mol. The van der Waals surface area contributed by atoms with E-state index in [1.54, 1.807) is 11.8 Å². The van der Waals surface area contributed by atoms with Gasteiger partial charge in [0.1, 0.15) is 18.4 Å². The largest absolute Gasteiger partial charge is 0.497 e. The van der Waals surface area contributed by atoms with E-state index in [4.69, 9.17) is 9.47 Å². The van der Waals surface area contributed by atoms with E-state index in [0.29, 0.717) is 17.2 Å². The maximum atomic E-state index is 13.0. The van der Waals surface area contributed by atoms with Crippen molar-refractivity contribution in [3.63, 3.8) is 0 Å². The minimum atomic E-state index is -0.500. The lowest BCUT2D eigenvalue weighted by Gasteiger charge is -2.27. The second-order valence-corrected chi connectivity index (χ2v) is 6.35. The number of anilines is 1. The van der Waals surface area contributed by atoms with Crippen LogP contribution in [-0.4, -0.2) is 33.3 Å². The van der Waals surface area contributed by atoms with Crippen LogP contribution in [0.1, 0.15) is 24.1 Å². The van der Waals surface area contributed by atoms with E-state index < -0.39 is 12.0 Å². The molecule has 1 aromatic heterocycles. The number of rotatable bonds is 5. The number of esters is 1. The summed E-state index contributed by atoms with van der Waals surface area (Å²) in [6, 6.07) is 16.5. The molecule has 2 aromatic carbocycles. The van der Waals surface area contributed by atoms with Gasteiger partial charge in [-0.05, 0) is 40.6 Å². The first-order valence-corrected chi connectivity index (χ1v) is 8.78. The number of fused-ring (bicyclic) bond motifs is 1. The molecule has 1 aliphatic rings. The van der Waals surface area contributed by atoms with E-state index >= 15 is 0 Å². The fraction of sp³-hybridized carbons (Fsp3) is 0.200. The van der Waals surface area contributed by atoms with Crippen LogP contribution in [0.2, 0.25) is 0 Å². The third-order valence-electron chi connectivity index (χ3n) is 4.58. The summed E-state index contributed by atoms with van der Waals surface area (Å²) >= 11 is 0. The highest BCUT2D eigenvalue weighted by Crippen LogP contribution is 2.35. The van der Waals surface area contributed by atoms with E-state index in [1.807, 2.05) is 61.5 Å². The van der Waals surface area contributed by atoms with Crippen molar-refractivity contribution in [2.75, 3.05) is 12.4 Å². The topological polar surface area (TPSA) is 91.2 Å². The Morgan fingerprint density at radius 3 is 2.61 bits per heavy atom. The minimum absolute atomic E-state index is 0.189. The zero-order chi connectivity index (χ0) is 19.5. The van der Waals surface area contributed by atoms with Crippen LogP contribution in [0.5, 0.6) is 5.75 Å². The predicted octanol–water partition coefficient (Wildman–Crippen LogP) is 2.71. The second-order valence-electron chi connectivity index (χ2n) is 6.35. The van der Waals surface area contributed by atoms with Gasteiger partial charge < -0.3 is 14.8 Å². The van der Waals surface area contributed by atoms with Gasteiger partial charge in [-0.3, -0.25) is 0 Å². The molecule has 1 N–H and O–H groups in total. The molecule has 8 heteroatoms. The van der Waals surface area contributed by atoms with Crippen molar-refractivity contribution in [1.82, 2.24) is 20.2 Å². The Bertz CT molecular complexity index is 1010. The summed E-state index contributed by atoms with van der Waals surface area (Å²) in [7, 11) is 1.61. The SMILES string of the molecule is COc1ccc([C@H]2C(C(=O)OCc3ccccc3)=C(C)Nc3nnnn32)cc1. The number of benzene rings is 2. The van der Waals surface area contributed by atoms with Gasteiger partial charge in [-0.1, -0.05) is 47.6 Å². The molecular formula is C20H19N5O3. The van der Waals surface area contributed by atoms with Gasteiger partial charge in [-0.15, -0.1) is 0 Å². The van der Waals surface area contributed by atoms with E-state index in [1.165, 1.54) is 0 Å². The molecule has 28 heavy (non-hydrogen) atoms. The van der Waals surface area contributed by atoms with E-state index in [-0.39, 0.29) is 6.61 Å². The standard InChI is InChI=1S/C20H19N5O3/c1-13-17(19(26)28-12-14-6-4-3-5-7-14)18(25-20(21-13)22-23-24-25)15-8-10-16(27-2)11-9-15/h3-11,18H,12H2,1-2H3,(H,21,22,24)/t18-/m0/s1. The van der Waals surface area contributed by atoms with Crippen molar-refractivity contribution in [1.29, 1.82) is 0 Å². The van der Waals surface area contributed by atoms with Gasteiger partial charge in [0.25, 0.3) is 0 Å². The van der Waals surface area contributed by atoms with Gasteiger partial charge in [0.2, 0.25) is 5.95 Å². The second kappa shape index (κ2) is 7.51. The molecule has 0 amide bonds. The Balaban J connectivity index is 1.67. The minimum Gasteiger partial charge on any atom is -0.497 e. The third kappa shape index (κ3) is 3.32. The molecule has 0 aliphatic carbocycles. The molecule has 3 aromatic rings. The van der Waals surface area contributed by atoms with Gasteiger partial charge >= 0.3 is 5.97 Å². The van der Waals surface area contributed by atoms with Crippen molar-refractivity contribution in [2.45, 2.75) is 19.6 Å². The average molecular weight is 377 g/mol. The molecule has 1 atom stereocenters. The number of hydrogen-bond acceptors (Lipinski definition) is 7. The number of aromatic nitrogens is 4.